The van der Waals surface area contributed by atoms with Gasteiger partial charge in [0, 0.05) is 6.20 Å². The number of hydrogen-bond donors (Lipinski definition) is 0. The lowest BCUT2D eigenvalue weighted by Gasteiger charge is -2.12. The maximum Gasteiger partial charge on any atom is 0.341 e. The zero-order valence-electron chi connectivity index (χ0n) is 13.8. The SMILES string of the molecule is CCOC(=O)c1cnc(COCc2ccccc2)nc1C(C)C. The Hall–Kier alpha value is -2.27. The second-order valence-electron chi connectivity index (χ2n) is 5.44. The molecule has 0 saturated heterocycles. The predicted octanol–water partition coefficient (Wildman–Crippen LogP) is 3.49. The molecule has 0 aliphatic carbocycles. The Balaban J connectivity index is 2.05. The van der Waals surface area contributed by atoms with Crippen molar-refractivity contribution in [3.8, 4) is 0 Å². The molecule has 1 aromatic heterocycles. The third-order valence-corrected chi connectivity index (χ3v) is 3.25. The van der Waals surface area contributed by atoms with Crippen molar-refractivity contribution < 1.29 is 14.3 Å². The molecule has 122 valence electrons. The van der Waals surface area contributed by atoms with E-state index in [4.69, 9.17) is 9.47 Å². The van der Waals surface area contributed by atoms with Crippen LogP contribution in [0.15, 0.2) is 36.5 Å². The second kappa shape index (κ2) is 8.39. The highest BCUT2D eigenvalue weighted by atomic mass is 16.5. The van der Waals surface area contributed by atoms with Crippen LogP contribution in [0.25, 0.3) is 0 Å². The summed E-state index contributed by atoms with van der Waals surface area (Å²) in [4.78, 5) is 20.6. The van der Waals surface area contributed by atoms with Gasteiger partial charge < -0.3 is 9.47 Å². The molecule has 0 aliphatic rings. The topological polar surface area (TPSA) is 61.3 Å². The van der Waals surface area contributed by atoms with Gasteiger partial charge in [-0.3, -0.25) is 0 Å². The van der Waals surface area contributed by atoms with Crippen LogP contribution in [0.5, 0.6) is 0 Å². The number of benzene rings is 1. The lowest BCUT2D eigenvalue weighted by atomic mass is 10.1. The third kappa shape index (κ3) is 4.86. The van der Waals surface area contributed by atoms with E-state index in [9.17, 15) is 4.79 Å². The molecular weight excluding hydrogens is 292 g/mol. The first-order chi connectivity index (χ1) is 11.1. The number of aromatic nitrogens is 2. The summed E-state index contributed by atoms with van der Waals surface area (Å²) >= 11 is 0. The van der Waals surface area contributed by atoms with E-state index in [1.165, 1.54) is 6.20 Å². The largest absolute Gasteiger partial charge is 0.462 e. The lowest BCUT2D eigenvalue weighted by molar-refractivity contribution is 0.0522. The zero-order valence-corrected chi connectivity index (χ0v) is 13.8. The number of esters is 1. The number of nitrogens with zero attached hydrogens (tertiary/aromatic N) is 2. The first-order valence-corrected chi connectivity index (χ1v) is 7.76. The molecule has 1 aromatic carbocycles. The molecule has 0 aliphatic heterocycles. The predicted molar refractivity (Wildman–Crippen MR) is 87.0 cm³/mol. The minimum atomic E-state index is -0.382. The maximum absolute atomic E-state index is 11.9. The molecule has 0 amide bonds. The lowest BCUT2D eigenvalue weighted by Crippen LogP contribution is -2.13. The Morgan fingerprint density at radius 2 is 1.91 bits per heavy atom. The van der Waals surface area contributed by atoms with Crippen LogP contribution in [0.4, 0.5) is 0 Å². The van der Waals surface area contributed by atoms with Crippen LogP contribution in [0.3, 0.4) is 0 Å². The molecule has 2 rings (SSSR count). The monoisotopic (exact) mass is 314 g/mol. The Kier molecular flexibility index (Phi) is 6.23. The van der Waals surface area contributed by atoms with Crippen molar-refractivity contribution in [1.82, 2.24) is 9.97 Å². The number of rotatable bonds is 7. The number of hydrogen-bond acceptors (Lipinski definition) is 5. The van der Waals surface area contributed by atoms with Gasteiger partial charge in [-0.1, -0.05) is 44.2 Å². The molecule has 23 heavy (non-hydrogen) atoms. The van der Waals surface area contributed by atoms with E-state index in [2.05, 4.69) is 9.97 Å². The highest BCUT2D eigenvalue weighted by molar-refractivity contribution is 5.90. The molecule has 0 atom stereocenters. The summed E-state index contributed by atoms with van der Waals surface area (Å²) in [5, 5.41) is 0. The van der Waals surface area contributed by atoms with Crippen LogP contribution in [0.2, 0.25) is 0 Å². The van der Waals surface area contributed by atoms with Crippen molar-refractivity contribution in [3.63, 3.8) is 0 Å². The molecule has 0 N–H and O–H groups in total. The fourth-order valence-corrected chi connectivity index (χ4v) is 2.14. The highest BCUT2D eigenvalue weighted by Crippen LogP contribution is 2.18. The molecule has 0 fully saturated rings. The van der Waals surface area contributed by atoms with E-state index in [0.29, 0.717) is 36.9 Å². The summed E-state index contributed by atoms with van der Waals surface area (Å²) < 4.78 is 10.7. The van der Waals surface area contributed by atoms with Crippen molar-refractivity contribution in [2.24, 2.45) is 0 Å². The average molecular weight is 314 g/mol. The van der Waals surface area contributed by atoms with E-state index in [1.54, 1.807) is 6.92 Å². The van der Waals surface area contributed by atoms with E-state index in [0.717, 1.165) is 5.56 Å². The fraction of sp³-hybridized carbons (Fsp3) is 0.389. The minimum absolute atomic E-state index is 0.102. The molecule has 0 unspecified atom stereocenters. The Bertz CT molecular complexity index is 642. The van der Waals surface area contributed by atoms with Crippen LogP contribution >= 0.6 is 0 Å². The summed E-state index contributed by atoms with van der Waals surface area (Å²) in [6.07, 6.45) is 1.53. The molecule has 0 spiro atoms. The molecule has 1 heterocycles. The molecule has 0 saturated carbocycles. The molecule has 5 heteroatoms. The smallest absolute Gasteiger partial charge is 0.341 e. The molecule has 0 bridgehead atoms. The highest BCUT2D eigenvalue weighted by Gasteiger charge is 2.18. The van der Waals surface area contributed by atoms with Gasteiger partial charge in [-0.25, -0.2) is 14.8 Å². The van der Waals surface area contributed by atoms with Gasteiger partial charge in [0.25, 0.3) is 0 Å². The quantitative estimate of drug-likeness (QED) is 0.732. The van der Waals surface area contributed by atoms with Gasteiger partial charge in [0.1, 0.15) is 6.61 Å². The Labute approximate surface area is 136 Å². The van der Waals surface area contributed by atoms with Gasteiger partial charge in [0.2, 0.25) is 0 Å². The molecule has 0 radical (unpaired) electrons. The standard InChI is InChI=1S/C18H22N2O3/c1-4-23-18(21)15-10-19-16(20-17(15)13(2)3)12-22-11-14-8-6-5-7-9-14/h5-10,13H,4,11-12H2,1-3H3. The first kappa shape index (κ1) is 17.1. The fourth-order valence-electron chi connectivity index (χ4n) is 2.14. The molecule has 2 aromatic rings. The average Bonchev–Trinajstić information content (AvgIpc) is 2.56. The Morgan fingerprint density at radius 1 is 1.17 bits per heavy atom. The number of carbonyl (C=O) groups is 1. The third-order valence-electron chi connectivity index (χ3n) is 3.25. The van der Waals surface area contributed by atoms with Gasteiger partial charge in [-0.05, 0) is 18.4 Å². The summed E-state index contributed by atoms with van der Waals surface area (Å²) in [6, 6.07) is 9.92. The van der Waals surface area contributed by atoms with Gasteiger partial charge >= 0.3 is 5.97 Å². The van der Waals surface area contributed by atoms with Crippen LogP contribution < -0.4 is 0 Å². The minimum Gasteiger partial charge on any atom is -0.462 e. The maximum atomic E-state index is 11.9. The summed E-state index contributed by atoms with van der Waals surface area (Å²) in [5.41, 5.74) is 2.21. The van der Waals surface area contributed by atoms with E-state index in [-0.39, 0.29) is 11.9 Å². The Morgan fingerprint density at radius 3 is 2.57 bits per heavy atom. The van der Waals surface area contributed by atoms with Gasteiger partial charge in [-0.2, -0.15) is 0 Å². The first-order valence-electron chi connectivity index (χ1n) is 7.76. The summed E-state index contributed by atoms with van der Waals surface area (Å²) in [6.45, 7) is 6.88. The van der Waals surface area contributed by atoms with Crippen LogP contribution in [-0.2, 0) is 22.7 Å². The number of carbonyl (C=O) groups excluding carboxylic acids is 1. The molecular formula is C18H22N2O3. The van der Waals surface area contributed by atoms with Crippen molar-refractivity contribution in [1.29, 1.82) is 0 Å². The van der Waals surface area contributed by atoms with Crippen molar-refractivity contribution in [2.45, 2.75) is 39.9 Å². The van der Waals surface area contributed by atoms with Crippen molar-refractivity contribution in [2.75, 3.05) is 6.61 Å². The van der Waals surface area contributed by atoms with Gasteiger partial charge in [0.15, 0.2) is 5.82 Å². The zero-order chi connectivity index (χ0) is 16.7. The van der Waals surface area contributed by atoms with Crippen LogP contribution in [-0.4, -0.2) is 22.5 Å². The van der Waals surface area contributed by atoms with Crippen molar-refractivity contribution >= 4 is 5.97 Å². The second-order valence-corrected chi connectivity index (χ2v) is 5.44. The summed E-state index contributed by atoms with van der Waals surface area (Å²) in [5.74, 6) is 0.288. The molecule has 5 nitrogen and oxygen atoms in total. The summed E-state index contributed by atoms with van der Waals surface area (Å²) in [7, 11) is 0. The van der Waals surface area contributed by atoms with E-state index < -0.39 is 0 Å². The number of ether oxygens (including phenoxy) is 2. The van der Waals surface area contributed by atoms with Crippen LogP contribution in [0.1, 0.15) is 54.1 Å². The van der Waals surface area contributed by atoms with Gasteiger partial charge in [0.05, 0.1) is 24.5 Å². The van der Waals surface area contributed by atoms with Crippen LogP contribution in [0, 0.1) is 0 Å². The van der Waals surface area contributed by atoms with E-state index >= 15 is 0 Å². The van der Waals surface area contributed by atoms with E-state index in [1.807, 2.05) is 44.2 Å². The van der Waals surface area contributed by atoms with Crippen molar-refractivity contribution in [3.05, 3.63) is 59.2 Å². The normalized spacial score (nSPS) is 10.8. The van der Waals surface area contributed by atoms with Gasteiger partial charge in [-0.15, -0.1) is 0 Å².